The predicted molar refractivity (Wildman–Crippen MR) is 101 cm³/mol. The van der Waals surface area contributed by atoms with E-state index in [1.807, 2.05) is 67.6 Å². The van der Waals surface area contributed by atoms with Gasteiger partial charge in [-0.3, -0.25) is 9.78 Å². The SMILES string of the molecule is Cc1cc(NC(=O)c2c(-c3ccccc3)noc2C)c2ccccc2n1. The van der Waals surface area contributed by atoms with Crippen LogP contribution in [-0.2, 0) is 0 Å². The third-order valence-corrected chi connectivity index (χ3v) is 4.23. The fourth-order valence-corrected chi connectivity index (χ4v) is 3.03. The molecule has 26 heavy (non-hydrogen) atoms. The topological polar surface area (TPSA) is 68.0 Å². The Balaban J connectivity index is 1.76. The number of fused-ring (bicyclic) bond motifs is 1. The second-order valence-corrected chi connectivity index (χ2v) is 6.11. The van der Waals surface area contributed by atoms with Crippen LogP contribution >= 0.6 is 0 Å². The molecule has 5 heteroatoms. The van der Waals surface area contributed by atoms with Crippen LogP contribution in [-0.4, -0.2) is 16.0 Å². The van der Waals surface area contributed by atoms with E-state index in [4.69, 9.17) is 4.52 Å². The Kier molecular flexibility index (Phi) is 3.97. The lowest BCUT2D eigenvalue weighted by molar-refractivity contribution is 0.102. The minimum Gasteiger partial charge on any atom is -0.360 e. The minimum absolute atomic E-state index is 0.252. The summed E-state index contributed by atoms with van der Waals surface area (Å²) in [5, 5.41) is 7.97. The van der Waals surface area contributed by atoms with Crippen LogP contribution in [0.25, 0.3) is 22.2 Å². The Bertz CT molecular complexity index is 1100. The monoisotopic (exact) mass is 343 g/mol. The number of nitrogens with zero attached hydrogens (tertiary/aromatic N) is 2. The van der Waals surface area contributed by atoms with Gasteiger partial charge in [0.25, 0.3) is 5.91 Å². The maximum Gasteiger partial charge on any atom is 0.261 e. The number of carbonyl (C=O) groups excluding carboxylic acids is 1. The highest BCUT2D eigenvalue weighted by molar-refractivity contribution is 6.11. The highest BCUT2D eigenvalue weighted by Gasteiger charge is 2.22. The van der Waals surface area contributed by atoms with Gasteiger partial charge in [0, 0.05) is 16.6 Å². The van der Waals surface area contributed by atoms with Gasteiger partial charge in [0.2, 0.25) is 0 Å². The third kappa shape index (κ3) is 2.84. The van der Waals surface area contributed by atoms with Gasteiger partial charge in [0.05, 0.1) is 11.2 Å². The van der Waals surface area contributed by atoms with Gasteiger partial charge in [-0.2, -0.15) is 0 Å². The molecule has 0 unspecified atom stereocenters. The summed E-state index contributed by atoms with van der Waals surface area (Å²) >= 11 is 0. The first-order chi connectivity index (χ1) is 12.6. The van der Waals surface area contributed by atoms with Crippen LogP contribution in [0.3, 0.4) is 0 Å². The molecule has 0 saturated carbocycles. The molecule has 0 fully saturated rings. The molecular weight excluding hydrogens is 326 g/mol. The van der Waals surface area contributed by atoms with Crippen LogP contribution in [0.1, 0.15) is 21.8 Å². The fraction of sp³-hybridized carbons (Fsp3) is 0.0952. The largest absolute Gasteiger partial charge is 0.360 e. The van der Waals surface area contributed by atoms with Crippen LogP contribution in [0.4, 0.5) is 5.69 Å². The molecular formula is C21H17N3O2. The van der Waals surface area contributed by atoms with Gasteiger partial charge < -0.3 is 9.84 Å². The molecule has 0 radical (unpaired) electrons. The van der Waals surface area contributed by atoms with E-state index in [1.54, 1.807) is 6.92 Å². The van der Waals surface area contributed by atoms with E-state index >= 15 is 0 Å². The first kappa shape index (κ1) is 16.0. The summed E-state index contributed by atoms with van der Waals surface area (Å²) in [6.07, 6.45) is 0. The Morgan fingerprint density at radius 1 is 1.00 bits per heavy atom. The second kappa shape index (κ2) is 6.44. The summed E-state index contributed by atoms with van der Waals surface area (Å²) in [4.78, 5) is 17.5. The number of hydrogen-bond donors (Lipinski definition) is 1. The number of nitrogens with one attached hydrogen (secondary N) is 1. The van der Waals surface area contributed by atoms with Crippen molar-refractivity contribution < 1.29 is 9.32 Å². The molecule has 2 aromatic heterocycles. The molecule has 0 saturated heterocycles. The standard InChI is InChI=1S/C21H17N3O2/c1-13-12-18(16-10-6-7-11-17(16)22-13)23-21(25)19-14(2)26-24-20(19)15-8-4-3-5-9-15/h3-12H,1-2H3,(H,22,23,25). The lowest BCUT2D eigenvalue weighted by Crippen LogP contribution is -2.14. The van der Waals surface area contributed by atoms with E-state index in [9.17, 15) is 4.79 Å². The third-order valence-electron chi connectivity index (χ3n) is 4.23. The lowest BCUT2D eigenvalue weighted by atomic mass is 10.1. The molecule has 1 N–H and O–H groups in total. The van der Waals surface area contributed by atoms with E-state index in [-0.39, 0.29) is 5.91 Å². The van der Waals surface area contributed by atoms with Crippen molar-refractivity contribution in [1.82, 2.24) is 10.1 Å². The summed E-state index contributed by atoms with van der Waals surface area (Å²) in [5.74, 6) is 0.231. The smallest absolute Gasteiger partial charge is 0.261 e. The molecule has 0 spiro atoms. The molecule has 1 amide bonds. The van der Waals surface area contributed by atoms with Crippen LogP contribution in [0, 0.1) is 13.8 Å². The Morgan fingerprint density at radius 2 is 1.73 bits per heavy atom. The number of hydrogen-bond acceptors (Lipinski definition) is 4. The summed E-state index contributed by atoms with van der Waals surface area (Å²) in [7, 11) is 0. The zero-order valence-corrected chi connectivity index (χ0v) is 14.5. The molecule has 0 aliphatic rings. The van der Waals surface area contributed by atoms with Crippen LogP contribution < -0.4 is 5.32 Å². The van der Waals surface area contributed by atoms with Crippen LogP contribution in [0.2, 0.25) is 0 Å². The Morgan fingerprint density at radius 3 is 2.54 bits per heavy atom. The summed E-state index contributed by atoms with van der Waals surface area (Å²) in [6.45, 7) is 3.65. The van der Waals surface area contributed by atoms with Gasteiger partial charge in [0.15, 0.2) is 0 Å². The number of para-hydroxylation sites is 1. The first-order valence-corrected chi connectivity index (χ1v) is 8.33. The fourth-order valence-electron chi connectivity index (χ4n) is 3.03. The van der Waals surface area contributed by atoms with Crippen molar-refractivity contribution in [1.29, 1.82) is 0 Å². The Hall–Kier alpha value is -3.47. The van der Waals surface area contributed by atoms with Crippen molar-refractivity contribution in [3.63, 3.8) is 0 Å². The Labute approximate surface area is 150 Å². The minimum atomic E-state index is -0.252. The lowest BCUT2D eigenvalue weighted by Gasteiger charge is -2.10. The molecule has 0 atom stereocenters. The summed E-state index contributed by atoms with van der Waals surface area (Å²) < 4.78 is 5.30. The number of aryl methyl sites for hydroxylation is 2. The van der Waals surface area contributed by atoms with Crippen LogP contribution in [0.5, 0.6) is 0 Å². The van der Waals surface area contributed by atoms with Gasteiger partial charge in [-0.05, 0) is 26.0 Å². The zero-order valence-electron chi connectivity index (χ0n) is 14.5. The van der Waals surface area contributed by atoms with E-state index in [0.29, 0.717) is 17.0 Å². The number of aromatic nitrogens is 2. The summed E-state index contributed by atoms with van der Waals surface area (Å²) in [5.41, 5.74) is 4.21. The molecule has 0 aliphatic carbocycles. The van der Waals surface area contributed by atoms with E-state index in [1.165, 1.54) is 0 Å². The second-order valence-electron chi connectivity index (χ2n) is 6.11. The molecule has 4 rings (SSSR count). The zero-order chi connectivity index (χ0) is 18.1. The van der Waals surface area contributed by atoms with Crippen molar-refractivity contribution in [3.05, 3.63) is 77.7 Å². The van der Waals surface area contributed by atoms with Gasteiger partial charge >= 0.3 is 0 Å². The van der Waals surface area contributed by atoms with Crippen molar-refractivity contribution in [2.24, 2.45) is 0 Å². The number of amides is 1. The number of pyridine rings is 1. The normalized spacial score (nSPS) is 10.8. The molecule has 128 valence electrons. The predicted octanol–water partition coefficient (Wildman–Crippen LogP) is 4.76. The van der Waals surface area contributed by atoms with Crippen molar-refractivity contribution in [2.45, 2.75) is 13.8 Å². The highest BCUT2D eigenvalue weighted by Crippen LogP contribution is 2.28. The van der Waals surface area contributed by atoms with E-state index < -0.39 is 0 Å². The number of carbonyl (C=O) groups is 1. The molecule has 0 bridgehead atoms. The molecule has 4 aromatic rings. The first-order valence-electron chi connectivity index (χ1n) is 8.33. The van der Waals surface area contributed by atoms with Crippen molar-refractivity contribution >= 4 is 22.5 Å². The van der Waals surface area contributed by atoms with Gasteiger partial charge in [-0.1, -0.05) is 53.7 Å². The molecule has 2 aromatic carbocycles. The van der Waals surface area contributed by atoms with Crippen LogP contribution in [0.15, 0.2) is 65.2 Å². The average Bonchev–Trinajstić information content (AvgIpc) is 3.04. The molecule has 2 heterocycles. The van der Waals surface area contributed by atoms with E-state index in [0.717, 1.165) is 27.8 Å². The summed E-state index contributed by atoms with van der Waals surface area (Å²) in [6, 6.07) is 19.1. The van der Waals surface area contributed by atoms with Gasteiger partial charge in [0.1, 0.15) is 17.0 Å². The number of anilines is 1. The average molecular weight is 343 g/mol. The molecule has 5 nitrogen and oxygen atoms in total. The maximum absolute atomic E-state index is 13.0. The number of rotatable bonds is 3. The quantitative estimate of drug-likeness (QED) is 0.582. The van der Waals surface area contributed by atoms with E-state index in [2.05, 4.69) is 15.5 Å². The van der Waals surface area contributed by atoms with Crippen molar-refractivity contribution in [3.8, 4) is 11.3 Å². The van der Waals surface area contributed by atoms with Gasteiger partial charge in [-0.15, -0.1) is 0 Å². The molecule has 0 aliphatic heterocycles. The highest BCUT2D eigenvalue weighted by atomic mass is 16.5. The number of benzene rings is 2. The van der Waals surface area contributed by atoms with Gasteiger partial charge in [-0.25, -0.2) is 0 Å². The van der Waals surface area contributed by atoms with Crippen molar-refractivity contribution in [2.75, 3.05) is 5.32 Å². The maximum atomic E-state index is 13.0.